The molecular formula is C16H12ClFO3. The summed E-state index contributed by atoms with van der Waals surface area (Å²) >= 11 is 5.74. The fourth-order valence-electron chi connectivity index (χ4n) is 2.37. The number of benzene rings is 2. The number of carbonyl (C=O) groups is 1. The van der Waals surface area contributed by atoms with E-state index in [0.717, 1.165) is 0 Å². The lowest BCUT2D eigenvalue weighted by atomic mass is 9.96. The van der Waals surface area contributed by atoms with E-state index in [1.54, 1.807) is 30.3 Å². The summed E-state index contributed by atoms with van der Waals surface area (Å²) in [5, 5.41) is 0.309. The summed E-state index contributed by atoms with van der Waals surface area (Å²) in [4.78, 5) is 12.2. The summed E-state index contributed by atoms with van der Waals surface area (Å²) < 4.78 is 24.8. The Morgan fingerprint density at radius 1 is 1.29 bits per heavy atom. The van der Waals surface area contributed by atoms with Gasteiger partial charge in [-0.15, -0.1) is 0 Å². The highest BCUT2D eigenvalue weighted by Crippen LogP contribution is 2.37. The van der Waals surface area contributed by atoms with Gasteiger partial charge in [0, 0.05) is 10.6 Å². The topological polar surface area (TPSA) is 35.5 Å². The van der Waals surface area contributed by atoms with Gasteiger partial charge < -0.3 is 9.47 Å². The largest absolute Gasteiger partial charge is 0.497 e. The molecule has 0 aliphatic carbocycles. The zero-order valence-electron chi connectivity index (χ0n) is 11.2. The van der Waals surface area contributed by atoms with Crippen LogP contribution in [0.2, 0.25) is 5.02 Å². The molecular weight excluding hydrogens is 295 g/mol. The Morgan fingerprint density at radius 2 is 2.10 bits per heavy atom. The van der Waals surface area contributed by atoms with Crippen molar-refractivity contribution in [2.24, 2.45) is 0 Å². The van der Waals surface area contributed by atoms with Crippen molar-refractivity contribution in [3.05, 3.63) is 58.4 Å². The number of fused-ring (bicyclic) bond motifs is 1. The Morgan fingerprint density at radius 3 is 2.81 bits per heavy atom. The van der Waals surface area contributed by atoms with Crippen molar-refractivity contribution in [1.29, 1.82) is 0 Å². The summed E-state index contributed by atoms with van der Waals surface area (Å²) in [6, 6.07) is 9.33. The number of halogens is 2. The van der Waals surface area contributed by atoms with Crippen LogP contribution in [-0.4, -0.2) is 12.9 Å². The van der Waals surface area contributed by atoms with E-state index in [1.165, 1.54) is 13.2 Å². The molecule has 0 fully saturated rings. The van der Waals surface area contributed by atoms with Crippen molar-refractivity contribution >= 4 is 17.4 Å². The number of carbonyl (C=O) groups excluding carboxylic acids is 1. The van der Waals surface area contributed by atoms with Crippen molar-refractivity contribution in [1.82, 2.24) is 0 Å². The molecule has 0 amide bonds. The highest BCUT2D eigenvalue weighted by atomic mass is 35.5. The van der Waals surface area contributed by atoms with Gasteiger partial charge in [-0.25, -0.2) is 4.39 Å². The molecule has 0 saturated carbocycles. The fourth-order valence-corrected chi connectivity index (χ4v) is 2.52. The molecule has 0 saturated heterocycles. The summed E-state index contributed by atoms with van der Waals surface area (Å²) in [5.41, 5.74) is 0.786. The van der Waals surface area contributed by atoms with Crippen LogP contribution in [0.4, 0.5) is 4.39 Å². The summed E-state index contributed by atoms with van der Waals surface area (Å²) in [6.07, 6.45) is -0.561. The average molecular weight is 307 g/mol. The van der Waals surface area contributed by atoms with Crippen LogP contribution < -0.4 is 9.47 Å². The number of ketones is 1. The first-order valence-corrected chi connectivity index (χ1v) is 6.79. The number of rotatable bonds is 2. The van der Waals surface area contributed by atoms with Gasteiger partial charge in [-0.1, -0.05) is 17.7 Å². The van der Waals surface area contributed by atoms with Crippen molar-refractivity contribution < 1.29 is 18.7 Å². The molecule has 108 valence electrons. The average Bonchev–Trinajstić information content (AvgIpc) is 2.47. The molecule has 1 unspecified atom stereocenters. The zero-order chi connectivity index (χ0) is 15.0. The molecule has 1 heterocycles. The van der Waals surface area contributed by atoms with Crippen LogP contribution in [0.1, 0.15) is 28.4 Å². The SMILES string of the molecule is COc1ccc2c(c1)C(=O)CC(c1ccc(Cl)cc1F)O2. The van der Waals surface area contributed by atoms with Gasteiger partial charge in [-0.3, -0.25) is 4.79 Å². The molecule has 1 aliphatic heterocycles. The standard InChI is InChI=1S/C16H12ClFO3/c1-20-10-3-5-15-12(7-10)14(19)8-16(21-15)11-4-2-9(17)6-13(11)18/h2-7,16H,8H2,1H3. The zero-order valence-corrected chi connectivity index (χ0v) is 12.0. The second kappa shape index (κ2) is 5.37. The Kier molecular flexibility index (Phi) is 3.55. The lowest BCUT2D eigenvalue weighted by molar-refractivity contribution is 0.0845. The highest BCUT2D eigenvalue weighted by molar-refractivity contribution is 6.30. The van der Waals surface area contributed by atoms with Gasteiger partial charge >= 0.3 is 0 Å². The van der Waals surface area contributed by atoms with Crippen LogP contribution in [0, 0.1) is 5.82 Å². The molecule has 0 bridgehead atoms. The van der Waals surface area contributed by atoms with E-state index < -0.39 is 11.9 Å². The molecule has 1 aliphatic rings. The highest BCUT2D eigenvalue weighted by Gasteiger charge is 2.29. The maximum Gasteiger partial charge on any atom is 0.170 e. The van der Waals surface area contributed by atoms with Crippen molar-refractivity contribution in [2.45, 2.75) is 12.5 Å². The molecule has 2 aromatic rings. The van der Waals surface area contributed by atoms with Crippen LogP contribution in [0.25, 0.3) is 0 Å². The maximum atomic E-state index is 14.0. The molecule has 21 heavy (non-hydrogen) atoms. The van der Waals surface area contributed by atoms with E-state index >= 15 is 0 Å². The van der Waals surface area contributed by atoms with Crippen molar-refractivity contribution in [3.8, 4) is 11.5 Å². The Bertz CT molecular complexity index is 715. The number of ether oxygens (including phenoxy) is 2. The lowest BCUT2D eigenvalue weighted by Crippen LogP contribution is -2.21. The third kappa shape index (κ3) is 2.59. The van der Waals surface area contributed by atoms with Gasteiger partial charge in [0.1, 0.15) is 23.4 Å². The quantitative estimate of drug-likeness (QED) is 0.834. The van der Waals surface area contributed by atoms with Crippen LogP contribution >= 0.6 is 11.6 Å². The van der Waals surface area contributed by atoms with Crippen LogP contribution in [0.3, 0.4) is 0 Å². The number of Topliss-reactive ketones (excluding diaryl/α,β-unsaturated/α-hetero) is 1. The Balaban J connectivity index is 1.96. The lowest BCUT2D eigenvalue weighted by Gasteiger charge is -2.26. The van der Waals surface area contributed by atoms with Crippen LogP contribution in [0.15, 0.2) is 36.4 Å². The van der Waals surface area contributed by atoms with E-state index in [0.29, 0.717) is 27.6 Å². The third-order valence-corrected chi connectivity index (χ3v) is 3.67. The smallest absolute Gasteiger partial charge is 0.170 e. The minimum absolute atomic E-state index is 0.0821. The minimum atomic E-state index is -0.643. The molecule has 0 N–H and O–H groups in total. The molecule has 3 nitrogen and oxygen atoms in total. The summed E-state index contributed by atoms with van der Waals surface area (Å²) in [7, 11) is 1.53. The van der Waals surface area contributed by atoms with Gasteiger partial charge in [0.25, 0.3) is 0 Å². The first kappa shape index (κ1) is 13.9. The minimum Gasteiger partial charge on any atom is -0.497 e. The normalized spacial score (nSPS) is 17.1. The molecule has 0 radical (unpaired) electrons. The molecule has 2 aromatic carbocycles. The molecule has 3 rings (SSSR count). The number of hydrogen-bond donors (Lipinski definition) is 0. The van der Waals surface area contributed by atoms with Gasteiger partial charge in [0.2, 0.25) is 0 Å². The summed E-state index contributed by atoms with van der Waals surface area (Å²) in [5.74, 6) is 0.444. The predicted octanol–water partition coefficient (Wildman–Crippen LogP) is 4.19. The van der Waals surface area contributed by atoms with Gasteiger partial charge in [0.05, 0.1) is 19.1 Å². The van der Waals surface area contributed by atoms with Crippen LogP contribution in [-0.2, 0) is 0 Å². The van der Waals surface area contributed by atoms with E-state index in [-0.39, 0.29) is 12.2 Å². The molecule has 1 atom stereocenters. The first-order chi connectivity index (χ1) is 10.1. The second-order valence-corrected chi connectivity index (χ2v) is 5.20. The number of hydrogen-bond acceptors (Lipinski definition) is 3. The fraction of sp³-hybridized carbons (Fsp3) is 0.188. The second-order valence-electron chi connectivity index (χ2n) is 4.76. The molecule has 5 heteroatoms. The molecule has 0 aromatic heterocycles. The monoisotopic (exact) mass is 306 g/mol. The van der Waals surface area contributed by atoms with Crippen molar-refractivity contribution in [3.63, 3.8) is 0 Å². The Labute approximate surface area is 126 Å². The van der Waals surface area contributed by atoms with E-state index in [2.05, 4.69) is 0 Å². The Hall–Kier alpha value is -2.07. The van der Waals surface area contributed by atoms with E-state index in [9.17, 15) is 9.18 Å². The molecule has 0 spiro atoms. The van der Waals surface area contributed by atoms with Crippen LogP contribution in [0.5, 0.6) is 11.5 Å². The third-order valence-electron chi connectivity index (χ3n) is 3.44. The van der Waals surface area contributed by atoms with Gasteiger partial charge in [0.15, 0.2) is 5.78 Å². The summed E-state index contributed by atoms with van der Waals surface area (Å²) in [6.45, 7) is 0. The van der Waals surface area contributed by atoms with Gasteiger partial charge in [-0.2, -0.15) is 0 Å². The number of methoxy groups -OCH3 is 1. The maximum absolute atomic E-state index is 14.0. The first-order valence-electron chi connectivity index (χ1n) is 6.41. The van der Waals surface area contributed by atoms with Gasteiger partial charge in [-0.05, 0) is 30.3 Å². The van der Waals surface area contributed by atoms with E-state index in [4.69, 9.17) is 21.1 Å². The predicted molar refractivity (Wildman–Crippen MR) is 76.7 cm³/mol. The van der Waals surface area contributed by atoms with Crippen molar-refractivity contribution in [2.75, 3.05) is 7.11 Å². The van der Waals surface area contributed by atoms with E-state index in [1.807, 2.05) is 0 Å².